The van der Waals surface area contributed by atoms with Crippen molar-refractivity contribution in [1.82, 2.24) is 10.2 Å². The zero-order chi connectivity index (χ0) is 28.7. The molecular formula is C27H32F4N2O5S. The van der Waals surface area contributed by atoms with Crippen molar-refractivity contribution < 1.29 is 40.6 Å². The molecule has 0 aliphatic carbocycles. The van der Waals surface area contributed by atoms with E-state index in [0.29, 0.717) is 11.1 Å². The van der Waals surface area contributed by atoms with Gasteiger partial charge in [-0.2, -0.15) is 13.2 Å². The summed E-state index contributed by atoms with van der Waals surface area (Å²) in [6.07, 6.45) is -7.25. The van der Waals surface area contributed by atoms with Crippen LogP contribution in [0.15, 0.2) is 53.4 Å². The van der Waals surface area contributed by atoms with Crippen LogP contribution in [0.2, 0.25) is 0 Å². The number of likely N-dealkylation sites (tertiary alicyclic amines) is 1. The molecule has 0 bridgehead atoms. The molecule has 2 saturated heterocycles. The molecule has 12 heteroatoms. The Kier molecular flexibility index (Phi) is 8.42. The quantitative estimate of drug-likeness (QED) is 0.469. The minimum absolute atomic E-state index is 0.0674. The van der Waals surface area contributed by atoms with Crippen molar-refractivity contribution in [3.63, 3.8) is 0 Å². The van der Waals surface area contributed by atoms with Crippen LogP contribution in [0.5, 0.6) is 0 Å². The van der Waals surface area contributed by atoms with Crippen LogP contribution in [0.4, 0.5) is 17.6 Å². The van der Waals surface area contributed by atoms with E-state index in [9.17, 15) is 35.9 Å². The van der Waals surface area contributed by atoms with Gasteiger partial charge in [0.25, 0.3) is 0 Å². The molecule has 2 heterocycles. The summed E-state index contributed by atoms with van der Waals surface area (Å²) >= 11 is 0. The number of fused-ring (bicyclic) bond motifs is 1. The Labute approximate surface area is 225 Å². The lowest BCUT2D eigenvalue weighted by atomic mass is 9.97. The molecule has 0 radical (unpaired) electrons. The molecule has 214 valence electrons. The number of rotatable bonds is 8. The third kappa shape index (κ3) is 6.45. The van der Waals surface area contributed by atoms with Crippen molar-refractivity contribution in [2.24, 2.45) is 5.92 Å². The number of carbonyl (C=O) groups is 1. The molecule has 7 nitrogen and oxygen atoms in total. The smallest absolute Gasteiger partial charge is 0.388 e. The van der Waals surface area contributed by atoms with Crippen molar-refractivity contribution in [2.75, 3.05) is 19.4 Å². The van der Waals surface area contributed by atoms with Gasteiger partial charge < -0.3 is 14.7 Å². The van der Waals surface area contributed by atoms with Crippen LogP contribution >= 0.6 is 0 Å². The zero-order valence-corrected chi connectivity index (χ0v) is 22.5. The minimum Gasteiger partial charge on any atom is -0.388 e. The number of nitrogens with one attached hydrogen (secondary N) is 1. The molecule has 2 aromatic carbocycles. The third-order valence-corrected chi connectivity index (χ3v) is 8.25. The maximum absolute atomic E-state index is 14.5. The van der Waals surface area contributed by atoms with E-state index in [1.165, 1.54) is 36.4 Å². The summed E-state index contributed by atoms with van der Waals surface area (Å²) in [5.41, 5.74) is 1.09. The first-order valence-electron chi connectivity index (χ1n) is 12.6. The number of aliphatic hydroxyl groups excluding tert-OH is 1. The van der Waals surface area contributed by atoms with E-state index < -0.39 is 58.4 Å². The molecular weight excluding hydrogens is 540 g/mol. The monoisotopic (exact) mass is 572 g/mol. The molecule has 2 aliphatic rings. The minimum atomic E-state index is -4.75. The summed E-state index contributed by atoms with van der Waals surface area (Å²) in [6, 6.07) is 7.20. The average Bonchev–Trinajstić information content (AvgIpc) is 3.40. The fourth-order valence-electron chi connectivity index (χ4n) is 5.23. The molecule has 0 aromatic heterocycles. The van der Waals surface area contributed by atoms with Crippen molar-refractivity contribution in [3.05, 3.63) is 54.1 Å². The standard InChI is InChI=1S/C27H32F4N2O5S/c1-15(2)12-21(26(35)33-13-20(28)24-23(33)22(34)14-38-24)32-25(27(29,30)31)18-6-4-16(5-7-18)17-8-10-19(11-9-17)39(3,36)37/h4-11,15,20-25,32,34H,12-14H2,1-3H3/t20-,21?,22-,23+,24+,25+/m0/s1. The Morgan fingerprint density at radius 2 is 1.67 bits per heavy atom. The lowest BCUT2D eigenvalue weighted by Gasteiger charge is -2.33. The molecule has 2 aliphatic heterocycles. The van der Waals surface area contributed by atoms with Gasteiger partial charge in [0.1, 0.15) is 24.4 Å². The van der Waals surface area contributed by atoms with E-state index in [0.717, 1.165) is 11.2 Å². The lowest BCUT2D eigenvalue weighted by molar-refractivity contribution is -0.163. The van der Waals surface area contributed by atoms with E-state index in [2.05, 4.69) is 5.32 Å². The van der Waals surface area contributed by atoms with Gasteiger partial charge in [0.05, 0.1) is 30.1 Å². The summed E-state index contributed by atoms with van der Waals surface area (Å²) < 4.78 is 86.0. The zero-order valence-electron chi connectivity index (χ0n) is 21.7. The van der Waals surface area contributed by atoms with Crippen molar-refractivity contribution in [1.29, 1.82) is 0 Å². The first-order valence-corrected chi connectivity index (χ1v) is 14.5. The van der Waals surface area contributed by atoms with E-state index in [1.54, 1.807) is 26.0 Å². The van der Waals surface area contributed by atoms with Crippen molar-refractivity contribution >= 4 is 15.7 Å². The van der Waals surface area contributed by atoms with Gasteiger partial charge in [0.15, 0.2) is 9.84 Å². The average molecular weight is 573 g/mol. The summed E-state index contributed by atoms with van der Waals surface area (Å²) in [5, 5.41) is 12.7. The maximum Gasteiger partial charge on any atom is 0.407 e. The Bertz CT molecular complexity index is 1270. The lowest BCUT2D eigenvalue weighted by Crippen LogP contribution is -2.54. The van der Waals surface area contributed by atoms with Crippen LogP contribution in [-0.4, -0.2) is 80.4 Å². The Balaban J connectivity index is 1.58. The highest BCUT2D eigenvalue weighted by Gasteiger charge is 2.54. The molecule has 1 amide bonds. The number of hydrogen-bond donors (Lipinski definition) is 2. The third-order valence-electron chi connectivity index (χ3n) is 7.12. The number of alkyl halides is 4. The highest BCUT2D eigenvalue weighted by Crippen LogP contribution is 2.36. The van der Waals surface area contributed by atoms with Crippen LogP contribution < -0.4 is 5.32 Å². The highest BCUT2D eigenvalue weighted by atomic mass is 32.2. The van der Waals surface area contributed by atoms with Gasteiger partial charge in [-0.25, -0.2) is 12.8 Å². The molecule has 4 rings (SSSR count). The summed E-state index contributed by atoms with van der Waals surface area (Å²) in [7, 11) is -3.39. The number of aliphatic hydroxyl groups is 1. The normalized spacial score (nSPS) is 25.1. The van der Waals surface area contributed by atoms with Crippen LogP contribution in [0.25, 0.3) is 11.1 Å². The molecule has 39 heavy (non-hydrogen) atoms. The number of ether oxygens (including phenoxy) is 1. The Morgan fingerprint density at radius 1 is 1.10 bits per heavy atom. The first kappa shape index (κ1) is 29.4. The van der Waals surface area contributed by atoms with Crippen LogP contribution in [0, 0.1) is 5.92 Å². The predicted molar refractivity (Wildman–Crippen MR) is 136 cm³/mol. The summed E-state index contributed by atoms with van der Waals surface area (Å²) in [4.78, 5) is 14.7. The summed E-state index contributed by atoms with van der Waals surface area (Å²) in [5.74, 6) is -0.859. The second-order valence-corrected chi connectivity index (χ2v) is 12.6. The van der Waals surface area contributed by atoms with Gasteiger partial charge in [0, 0.05) is 6.26 Å². The second-order valence-electron chi connectivity index (χ2n) is 10.6. The number of benzene rings is 2. The van der Waals surface area contributed by atoms with Crippen molar-refractivity contribution in [2.45, 2.75) is 67.8 Å². The fourth-order valence-corrected chi connectivity index (χ4v) is 5.87. The Hall–Kier alpha value is -2.54. The number of nitrogens with zero attached hydrogens (tertiary/aromatic N) is 1. The molecule has 6 atom stereocenters. The first-order chi connectivity index (χ1) is 18.2. The van der Waals surface area contributed by atoms with E-state index in [4.69, 9.17) is 4.74 Å². The van der Waals surface area contributed by atoms with Crippen LogP contribution in [0.1, 0.15) is 31.9 Å². The SMILES string of the molecule is CC(C)CC(N[C@H](c1ccc(-c2ccc(S(C)(=O)=O)cc2)cc1)C(F)(F)F)C(=O)N1C[C@H](F)[C@H]2OC[C@H](O)[C@H]21. The molecule has 0 spiro atoms. The van der Waals surface area contributed by atoms with Gasteiger partial charge in [-0.15, -0.1) is 0 Å². The van der Waals surface area contributed by atoms with Gasteiger partial charge >= 0.3 is 6.18 Å². The Morgan fingerprint density at radius 3 is 2.18 bits per heavy atom. The van der Waals surface area contributed by atoms with Gasteiger partial charge in [0.2, 0.25) is 5.91 Å². The van der Waals surface area contributed by atoms with Crippen molar-refractivity contribution in [3.8, 4) is 11.1 Å². The van der Waals surface area contributed by atoms with Gasteiger partial charge in [-0.1, -0.05) is 50.2 Å². The van der Waals surface area contributed by atoms with E-state index >= 15 is 0 Å². The fraction of sp³-hybridized carbons (Fsp3) is 0.519. The number of amides is 1. The van der Waals surface area contributed by atoms with Crippen LogP contribution in [-0.2, 0) is 19.4 Å². The topological polar surface area (TPSA) is 95.9 Å². The van der Waals surface area contributed by atoms with Gasteiger partial charge in [-0.3, -0.25) is 10.1 Å². The molecule has 2 N–H and O–H groups in total. The summed E-state index contributed by atoms with van der Waals surface area (Å²) in [6.45, 7) is 3.04. The number of hydrogen-bond acceptors (Lipinski definition) is 6. The highest BCUT2D eigenvalue weighted by molar-refractivity contribution is 7.90. The molecule has 0 saturated carbocycles. The molecule has 1 unspecified atom stereocenters. The second kappa shape index (κ2) is 11.1. The molecule has 2 fully saturated rings. The van der Waals surface area contributed by atoms with Crippen LogP contribution in [0.3, 0.4) is 0 Å². The molecule has 2 aromatic rings. The number of carbonyl (C=O) groups excluding carboxylic acids is 1. The van der Waals surface area contributed by atoms with E-state index in [1.807, 2.05) is 0 Å². The maximum atomic E-state index is 14.5. The largest absolute Gasteiger partial charge is 0.407 e. The number of sulfone groups is 1. The van der Waals surface area contributed by atoms with E-state index in [-0.39, 0.29) is 35.9 Å². The predicted octanol–water partition coefficient (Wildman–Crippen LogP) is 3.67. The number of halogens is 4. The van der Waals surface area contributed by atoms with Gasteiger partial charge in [-0.05, 0) is 41.2 Å².